The number of fused-ring (bicyclic) bond motifs is 1. The third kappa shape index (κ3) is 7.05. The fourth-order valence-electron chi connectivity index (χ4n) is 4.87. The Morgan fingerprint density at radius 3 is 2.42 bits per heavy atom. The van der Waals surface area contributed by atoms with E-state index in [-0.39, 0.29) is 17.7 Å². The Hall–Kier alpha value is -3.81. The number of ether oxygens (including phenoxy) is 5. The fourth-order valence-corrected chi connectivity index (χ4v) is 6.57. The molecule has 0 N–H and O–H groups in total. The van der Waals surface area contributed by atoms with Gasteiger partial charge in [0.1, 0.15) is 6.61 Å². The minimum Gasteiger partial charge on any atom is -0.493 e. The van der Waals surface area contributed by atoms with Gasteiger partial charge in [0.05, 0.1) is 43.6 Å². The quantitative estimate of drug-likeness (QED) is 0.144. The summed E-state index contributed by atoms with van der Waals surface area (Å²) in [7, 11) is 2.87. The smallest absolute Gasteiger partial charge is 0.337 e. The van der Waals surface area contributed by atoms with E-state index in [0.29, 0.717) is 61.7 Å². The number of esters is 1. The highest BCUT2D eigenvalue weighted by molar-refractivity contribution is 14.1. The van der Waals surface area contributed by atoms with E-state index in [1.54, 1.807) is 37.5 Å². The molecule has 1 aromatic heterocycles. The summed E-state index contributed by atoms with van der Waals surface area (Å²) in [4.78, 5) is 32.0. The van der Waals surface area contributed by atoms with E-state index in [1.165, 1.54) is 29.2 Å². The molecule has 0 fully saturated rings. The number of methoxy groups -OCH3 is 2. The van der Waals surface area contributed by atoms with Crippen molar-refractivity contribution in [3.8, 4) is 23.0 Å². The molecule has 0 radical (unpaired) electrons. The first-order valence-corrected chi connectivity index (χ1v) is 16.3. The molecule has 0 aliphatic carbocycles. The summed E-state index contributed by atoms with van der Waals surface area (Å²) in [5, 5.41) is 0.634. The Labute approximate surface area is 282 Å². The van der Waals surface area contributed by atoms with Crippen molar-refractivity contribution in [1.82, 2.24) is 4.57 Å². The lowest BCUT2D eigenvalue weighted by molar-refractivity contribution is -0.136. The molecule has 9 nitrogen and oxygen atoms in total. The molecule has 0 saturated heterocycles. The molecule has 5 rings (SSSR count). The topological polar surface area (TPSA) is 97.6 Å². The number of hydrogen-bond acceptors (Lipinski definition) is 9. The lowest BCUT2D eigenvalue weighted by Gasteiger charge is -2.23. The zero-order valence-electron chi connectivity index (χ0n) is 25.0. The van der Waals surface area contributed by atoms with Gasteiger partial charge in [-0.1, -0.05) is 41.1 Å². The number of benzene rings is 3. The van der Waals surface area contributed by atoms with Crippen LogP contribution in [0.5, 0.6) is 23.0 Å². The van der Waals surface area contributed by atoms with Gasteiger partial charge in [-0.2, -0.15) is 0 Å². The van der Waals surface area contributed by atoms with Crippen molar-refractivity contribution in [2.75, 3.05) is 27.4 Å². The molecule has 234 valence electrons. The lowest BCUT2D eigenvalue weighted by Crippen LogP contribution is -2.39. The molecule has 0 bridgehead atoms. The number of thiazole rings is 1. The van der Waals surface area contributed by atoms with Crippen molar-refractivity contribution in [2.24, 2.45) is 4.99 Å². The van der Waals surface area contributed by atoms with Crippen molar-refractivity contribution in [3.63, 3.8) is 0 Å². The molecule has 1 aliphatic rings. The Bertz CT molecular complexity index is 1940. The second-order valence-corrected chi connectivity index (χ2v) is 12.4. The maximum absolute atomic E-state index is 14.2. The third-order valence-electron chi connectivity index (χ3n) is 6.86. The fraction of sp³-hybridized carbons (Fsp3) is 0.242. The molecule has 45 heavy (non-hydrogen) atoms. The standard InChI is InChI=1S/C33H30ClIN2O7S/c1-5-42-25-12-9-20(14-26(25)43-6-2)29-24(32(39)41-4)17-36-33-37(29)31(38)28(45-33)15-21-13-23(35)16-27(40-3)30(21)44-18-19-7-10-22(34)11-8-19/h7-17,29H,5-6,18H2,1-4H3/b28-15+/t29-/m1/s1. The monoisotopic (exact) mass is 760 g/mol. The van der Waals surface area contributed by atoms with Gasteiger partial charge in [-0.05, 0) is 90.0 Å². The van der Waals surface area contributed by atoms with Crippen LogP contribution in [-0.4, -0.2) is 38.0 Å². The number of halogens is 2. The first kappa shape index (κ1) is 32.6. The van der Waals surface area contributed by atoms with Gasteiger partial charge in [-0.3, -0.25) is 9.36 Å². The number of nitrogens with zero attached hydrogens (tertiary/aromatic N) is 2. The molecule has 12 heteroatoms. The van der Waals surface area contributed by atoms with E-state index < -0.39 is 12.0 Å². The minimum absolute atomic E-state index is 0.214. The highest BCUT2D eigenvalue weighted by Gasteiger charge is 2.31. The van der Waals surface area contributed by atoms with Gasteiger partial charge < -0.3 is 23.7 Å². The van der Waals surface area contributed by atoms with Gasteiger partial charge in [0.25, 0.3) is 5.56 Å². The molecular formula is C33H30ClIN2O7S. The van der Waals surface area contributed by atoms with Gasteiger partial charge in [0.2, 0.25) is 0 Å². The zero-order valence-corrected chi connectivity index (χ0v) is 28.7. The first-order valence-electron chi connectivity index (χ1n) is 14.0. The predicted octanol–water partition coefficient (Wildman–Crippen LogP) is 5.66. The van der Waals surface area contributed by atoms with E-state index >= 15 is 0 Å². The van der Waals surface area contributed by atoms with Gasteiger partial charge in [-0.25, -0.2) is 9.79 Å². The first-order chi connectivity index (χ1) is 21.8. The summed E-state index contributed by atoms with van der Waals surface area (Å²) in [5.41, 5.74) is 2.10. The number of carbonyl (C=O) groups excluding carboxylic acids is 1. The molecule has 3 aromatic carbocycles. The number of rotatable bonds is 11. The predicted molar refractivity (Wildman–Crippen MR) is 181 cm³/mol. The molecule has 1 aliphatic heterocycles. The molecular weight excluding hydrogens is 731 g/mol. The van der Waals surface area contributed by atoms with Crippen LogP contribution in [0.3, 0.4) is 0 Å². The van der Waals surface area contributed by atoms with Crippen molar-refractivity contribution in [1.29, 1.82) is 0 Å². The second kappa shape index (κ2) is 14.5. The van der Waals surface area contributed by atoms with E-state index in [1.807, 2.05) is 44.2 Å². The van der Waals surface area contributed by atoms with Crippen LogP contribution in [0.25, 0.3) is 6.08 Å². The van der Waals surface area contributed by atoms with Crippen LogP contribution in [0, 0.1) is 3.57 Å². The summed E-state index contributed by atoms with van der Waals surface area (Å²) in [6.07, 6.45) is 3.21. The van der Waals surface area contributed by atoms with Gasteiger partial charge in [0.15, 0.2) is 27.8 Å². The van der Waals surface area contributed by atoms with Gasteiger partial charge in [0, 0.05) is 20.4 Å². The van der Waals surface area contributed by atoms with Crippen LogP contribution in [0.4, 0.5) is 0 Å². The molecule has 0 saturated carbocycles. The third-order valence-corrected chi connectivity index (χ3v) is 8.73. The summed E-state index contributed by atoms with van der Waals surface area (Å²) >= 11 is 9.45. The van der Waals surface area contributed by atoms with E-state index in [9.17, 15) is 9.59 Å². The zero-order chi connectivity index (χ0) is 32.1. The Morgan fingerprint density at radius 2 is 1.73 bits per heavy atom. The van der Waals surface area contributed by atoms with Crippen LogP contribution in [0.2, 0.25) is 5.02 Å². The molecule has 1 atom stereocenters. The maximum atomic E-state index is 14.2. The van der Waals surface area contributed by atoms with Crippen LogP contribution >= 0.6 is 45.5 Å². The number of aromatic nitrogens is 1. The van der Waals surface area contributed by atoms with Gasteiger partial charge >= 0.3 is 5.97 Å². The Morgan fingerprint density at radius 1 is 1.00 bits per heavy atom. The minimum atomic E-state index is -0.809. The molecule has 4 aromatic rings. The highest BCUT2D eigenvalue weighted by atomic mass is 127. The lowest BCUT2D eigenvalue weighted by atomic mass is 9.97. The Kier molecular flexibility index (Phi) is 10.5. The number of carbonyl (C=O) groups is 1. The van der Waals surface area contributed by atoms with Crippen LogP contribution < -0.4 is 33.8 Å². The summed E-state index contributed by atoms with van der Waals surface area (Å²) in [5.74, 6) is 1.49. The normalized spacial score (nSPS) is 14.2. The molecule has 0 spiro atoms. The summed E-state index contributed by atoms with van der Waals surface area (Å²) in [6, 6.07) is 15.7. The molecule has 0 amide bonds. The largest absolute Gasteiger partial charge is 0.493 e. The average Bonchev–Trinajstić information content (AvgIpc) is 3.35. The van der Waals surface area contributed by atoms with E-state index in [4.69, 9.17) is 35.3 Å². The Balaban J connectivity index is 1.64. The summed E-state index contributed by atoms with van der Waals surface area (Å²) < 4.78 is 31.4. The van der Waals surface area contributed by atoms with Crippen LogP contribution in [0.1, 0.15) is 36.6 Å². The van der Waals surface area contributed by atoms with Crippen molar-refractivity contribution < 1.29 is 28.5 Å². The molecule has 2 heterocycles. The highest BCUT2D eigenvalue weighted by Crippen LogP contribution is 2.36. The van der Waals surface area contributed by atoms with Crippen LogP contribution in [0.15, 0.2) is 76.2 Å². The maximum Gasteiger partial charge on any atom is 0.337 e. The average molecular weight is 761 g/mol. The van der Waals surface area contributed by atoms with E-state index in [2.05, 4.69) is 27.6 Å². The van der Waals surface area contributed by atoms with Crippen molar-refractivity contribution >= 4 is 57.6 Å². The van der Waals surface area contributed by atoms with Crippen molar-refractivity contribution in [2.45, 2.75) is 26.5 Å². The van der Waals surface area contributed by atoms with Crippen LogP contribution in [-0.2, 0) is 16.1 Å². The molecule has 0 unspecified atom stereocenters. The van der Waals surface area contributed by atoms with Gasteiger partial charge in [-0.15, -0.1) is 0 Å². The van der Waals surface area contributed by atoms with E-state index in [0.717, 1.165) is 9.13 Å². The second-order valence-electron chi connectivity index (χ2n) is 9.69. The number of hydrogen-bond donors (Lipinski definition) is 0. The van der Waals surface area contributed by atoms with Crippen molar-refractivity contribution in [3.05, 3.63) is 111 Å². The SMILES string of the molecule is CCOc1ccc([C@@H]2C(C(=O)OC)=CN=c3s/c(=C/c4cc(I)cc(OC)c4OCc4ccc(Cl)cc4)c(=O)n32)cc1OCC. The summed E-state index contributed by atoms with van der Waals surface area (Å²) in [6.45, 7) is 4.89.